The van der Waals surface area contributed by atoms with Gasteiger partial charge in [-0.05, 0) is 44.7 Å². The molecule has 28 heavy (non-hydrogen) atoms. The number of hydrogen-bond acceptors (Lipinski definition) is 5. The molecule has 1 atom stereocenters. The molecule has 10 heteroatoms. The van der Waals surface area contributed by atoms with E-state index in [0.717, 1.165) is 44.8 Å². The number of amides is 1. The Morgan fingerprint density at radius 2 is 2.04 bits per heavy atom. The van der Waals surface area contributed by atoms with Crippen LogP contribution in [0.1, 0.15) is 52.9 Å². The first-order valence-electron chi connectivity index (χ1n) is 9.55. The third kappa shape index (κ3) is 8.04. The van der Waals surface area contributed by atoms with E-state index in [4.69, 9.17) is 14.7 Å². The van der Waals surface area contributed by atoms with E-state index in [0.29, 0.717) is 18.7 Å². The fourth-order valence-electron chi connectivity index (χ4n) is 3.02. The number of hydrogen-bond donors (Lipinski definition) is 2. The van der Waals surface area contributed by atoms with Gasteiger partial charge in [0.2, 0.25) is 0 Å². The second-order valence-corrected chi connectivity index (χ2v) is 7.61. The fraction of sp³-hybridized carbons (Fsp3) is 0.833. The SMILES string of the molecule is CCCNC(=O)C1=NOC2(CCCN(CCC(C)C)C2)C1.O=C(O)C(F)(F)F. The van der Waals surface area contributed by atoms with Crippen LogP contribution in [0, 0.1) is 5.92 Å². The Labute approximate surface area is 163 Å². The van der Waals surface area contributed by atoms with Crippen molar-refractivity contribution in [2.24, 2.45) is 11.1 Å². The maximum atomic E-state index is 12.0. The summed E-state index contributed by atoms with van der Waals surface area (Å²) in [4.78, 5) is 29.1. The number of aliphatic carboxylic acids is 1. The van der Waals surface area contributed by atoms with Crippen molar-refractivity contribution in [3.63, 3.8) is 0 Å². The molecule has 1 unspecified atom stereocenters. The zero-order chi connectivity index (χ0) is 21.4. The van der Waals surface area contributed by atoms with Crippen LogP contribution >= 0.6 is 0 Å². The molecular formula is C18H30F3N3O4. The number of carboxylic acid groups (broad SMARTS) is 1. The van der Waals surface area contributed by atoms with Gasteiger partial charge in [0.15, 0.2) is 5.60 Å². The molecular weight excluding hydrogens is 379 g/mol. The standard InChI is InChI=1S/C16H29N3O2.C2HF3O2/c1-4-8-17-15(20)14-11-16(21-18-14)7-5-9-19(12-16)10-6-13(2)3;3-2(4,5)1(6)7/h13H,4-12H2,1-3H3,(H,17,20);(H,6,7). The Hall–Kier alpha value is -1.84. The molecule has 1 spiro atoms. The number of nitrogens with one attached hydrogen (secondary N) is 1. The molecule has 1 amide bonds. The quantitative estimate of drug-likeness (QED) is 0.704. The number of piperidine rings is 1. The molecule has 2 N–H and O–H groups in total. The first-order valence-corrected chi connectivity index (χ1v) is 9.55. The van der Waals surface area contributed by atoms with Crippen molar-refractivity contribution in [1.29, 1.82) is 0 Å². The molecule has 2 aliphatic heterocycles. The minimum Gasteiger partial charge on any atom is -0.475 e. The van der Waals surface area contributed by atoms with Crippen molar-refractivity contribution in [1.82, 2.24) is 10.2 Å². The predicted octanol–water partition coefficient (Wildman–Crippen LogP) is 2.80. The molecule has 2 rings (SSSR count). The van der Waals surface area contributed by atoms with Crippen molar-refractivity contribution in [3.05, 3.63) is 0 Å². The van der Waals surface area contributed by atoms with E-state index in [1.807, 2.05) is 6.92 Å². The van der Waals surface area contributed by atoms with Gasteiger partial charge in [0, 0.05) is 19.5 Å². The first-order chi connectivity index (χ1) is 13.0. The highest BCUT2D eigenvalue weighted by molar-refractivity contribution is 6.39. The average Bonchev–Trinajstić information content (AvgIpc) is 3.01. The average molecular weight is 409 g/mol. The maximum Gasteiger partial charge on any atom is 0.490 e. The van der Waals surface area contributed by atoms with E-state index in [9.17, 15) is 18.0 Å². The molecule has 1 fully saturated rings. The summed E-state index contributed by atoms with van der Waals surface area (Å²) in [6.07, 6.45) is -0.160. The second kappa shape index (κ2) is 10.6. The van der Waals surface area contributed by atoms with Crippen LogP contribution in [0.15, 0.2) is 5.16 Å². The third-order valence-corrected chi connectivity index (χ3v) is 4.52. The van der Waals surface area contributed by atoms with Gasteiger partial charge >= 0.3 is 12.1 Å². The van der Waals surface area contributed by atoms with E-state index >= 15 is 0 Å². The first kappa shape index (κ1) is 24.2. The summed E-state index contributed by atoms with van der Waals surface area (Å²) in [6.45, 7) is 10.4. The van der Waals surface area contributed by atoms with Crippen LogP contribution < -0.4 is 5.32 Å². The number of rotatable bonds is 6. The Kier molecular flexibility index (Phi) is 9.19. The van der Waals surface area contributed by atoms with Crippen LogP contribution in [0.25, 0.3) is 0 Å². The lowest BCUT2D eigenvalue weighted by atomic mass is 9.87. The number of carboxylic acids is 1. The van der Waals surface area contributed by atoms with Gasteiger partial charge in [0.1, 0.15) is 5.71 Å². The molecule has 0 saturated carbocycles. The lowest BCUT2D eigenvalue weighted by molar-refractivity contribution is -0.192. The molecule has 0 aromatic carbocycles. The Morgan fingerprint density at radius 1 is 1.39 bits per heavy atom. The minimum atomic E-state index is -5.08. The highest BCUT2D eigenvalue weighted by Crippen LogP contribution is 2.33. The van der Waals surface area contributed by atoms with Gasteiger partial charge in [-0.15, -0.1) is 0 Å². The van der Waals surface area contributed by atoms with Gasteiger partial charge in [0.05, 0.1) is 0 Å². The van der Waals surface area contributed by atoms with Crippen molar-refractivity contribution >= 4 is 17.6 Å². The fourth-order valence-corrected chi connectivity index (χ4v) is 3.02. The lowest BCUT2D eigenvalue weighted by Gasteiger charge is -2.38. The van der Waals surface area contributed by atoms with E-state index in [-0.39, 0.29) is 11.5 Å². The van der Waals surface area contributed by atoms with Gasteiger partial charge in [-0.3, -0.25) is 9.69 Å². The van der Waals surface area contributed by atoms with E-state index in [1.165, 1.54) is 6.42 Å². The van der Waals surface area contributed by atoms with Crippen LogP contribution in [-0.4, -0.2) is 65.6 Å². The number of oxime groups is 1. The van der Waals surface area contributed by atoms with Crippen LogP contribution in [0.4, 0.5) is 13.2 Å². The Balaban J connectivity index is 0.000000480. The highest BCUT2D eigenvalue weighted by atomic mass is 19.4. The Morgan fingerprint density at radius 3 is 2.57 bits per heavy atom. The monoisotopic (exact) mass is 409 g/mol. The van der Waals surface area contributed by atoms with Gasteiger partial charge in [0.25, 0.3) is 5.91 Å². The van der Waals surface area contributed by atoms with E-state index in [1.54, 1.807) is 0 Å². The van der Waals surface area contributed by atoms with Crippen molar-refractivity contribution in [2.75, 3.05) is 26.2 Å². The summed E-state index contributed by atoms with van der Waals surface area (Å²) in [5, 5.41) is 14.1. The second-order valence-electron chi connectivity index (χ2n) is 7.61. The number of halogens is 3. The molecule has 1 saturated heterocycles. The molecule has 0 aromatic heterocycles. The Bertz CT molecular complexity index is 567. The summed E-state index contributed by atoms with van der Waals surface area (Å²) in [5.41, 5.74) is 0.308. The van der Waals surface area contributed by atoms with Gasteiger partial charge < -0.3 is 15.3 Å². The van der Waals surface area contributed by atoms with Gasteiger partial charge in [-0.1, -0.05) is 25.9 Å². The largest absolute Gasteiger partial charge is 0.490 e. The molecule has 0 radical (unpaired) electrons. The van der Waals surface area contributed by atoms with E-state index in [2.05, 4.69) is 29.2 Å². The molecule has 0 aliphatic carbocycles. The van der Waals surface area contributed by atoms with Crippen molar-refractivity contribution in [2.45, 2.75) is 64.7 Å². The minimum absolute atomic E-state index is 0.0620. The van der Waals surface area contributed by atoms with Gasteiger partial charge in [-0.2, -0.15) is 13.2 Å². The molecule has 0 bridgehead atoms. The number of nitrogens with zero attached hydrogens (tertiary/aromatic N) is 2. The van der Waals surface area contributed by atoms with Crippen LogP contribution in [0.2, 0.25) is 0 Å². The highest BCUT2D eigenvalue weighted by Gasteiger charge is 2.44. The molecule has 2 aliphatic rings. The van der Waals surface area contributed by atoms with Crippen LogP contribution in [0.3, 0.4) is 0 Å². The number of carbonyl (C=O) groups is 2. The molecule has 7 nitrogen and oxygen atoms in total. The third-order valence-electron chi connectivity index (χ3n) is 4.52. The van der Waals surface area contributed by atoms with Gasteiger partial charge in [-0.25, -0.2) is 4.79 Å². The molecule has 2 heterocycles. The van der Waals surface area contributed by atoms with Crippen LogP contribution in [-0.2, 0) is 14.4 Å². The smallest absolute Gasteiger partial charge is 0.475 e. The zero-order valence-corrected chi connectivity index (χ0v) is 16.6. The zero-order valence-electron chi connectivity index (χ0n) is 16.6. The van der Waals surface area contributed by atoms with E-state index < -0.39 is 12.1 Å². The topological polar surface area (TPSA) is 91.2 Å². The maximum absolute atomic E-state index is 12.0. The van der Waals surface area contributed by atoms with Crippen LogP contribution in [0.5, 0.6) is 0 Å². The number of carbonyl (C=O) groups excluding carboxylic acids is 1. The normalized spacial score (nSPS) is 22.3. The summed E-state index contributed by atoms with van der Waals surface area (Å²) in [7, 11) is 0. The predicted molar refractivity (Wildman–Crippen MR) is 98.0 cm³/mol. The molecule has 0 aromatic rings. The van der Waals surface area contributed by atoms with Crippen molar-refractivity contribution < 1.29 is 32.7 Å². The van der Waals surface area contributed by atoms with Crippen molar-refractivity contribution in [3.8, 4) is 0 Å². The summed E-state index contributed by atoms with van der Waals surface area (Å²) in [5.74, 6) is -2.10. The summed E-state index contributed by atoms with van der Waals surface area (Å²) < 4.78 is 31.7. The summed E-state index contributed by atoms with van der Waals surface area (Å²) in [6, 6.07) is 0. The molecule has 162 valence electrons. The number of alkyl halides is 3. The number of likely N-dealkylation sites (tertiary alicyclic amines) is 1. The summed E-state index contributed by atoms with van der Waals surface area (Å²) >= 11 is 0. The lowest BCUT2D eigenvalue weighted by Crippen LogP contribution is -2.49.